The fourth-order valence-corrected chi connectivity index (χ4v) is 3.17. The van der Waals surface area contributed by atoms with E-state index in [-0.39, 0.29) is 48.9 Å². The van der Waals surface area contributed by atoms with Crippen LogP contribution >= 0.6 is 0 Å². The van der Waals surface area contributed by atoms with E-state index in [1.807, 2.05) is 0 Å². The van der Waals surface area contributed by atoms with Crippen molar-refractivity contribution in [3.05, 3.63) is 0 Å². The van der Waals surface area contributed by atoms with Gasteiger partial charge in [-0.1, -0.05) is 117 Å². The normalized spacial score (nSPS) is 10.0. The molecule has 170 valence electrons. The van der Waals surface area contributed by atoms with Gasteiger partial charge in [-0.25, -0.2) is 0 Å². The Morgan fingerprint density at radius 3 is 0.862 bits per heavy atom. The molecule has 0 unspecified atom stereocenters. The van der Waals surface area contributed by atoms with Crippen LogP contribution in [0.25, 0.3) is 0 Å². The Morgan fingerprint density at radius 2 is 0.655 bits per heavy atom. The molecule has 0 amide bonds. The van der Waals surface area contributed by atoms with E-state index in [2.05, 4.69) is 13.8 Å². The van der Waals surface area contributed by atoms with Crippen molar-refractivity contribution in [2.24, 2.45) is 0 Å². The van der Waals surface area contributed by atoms with Gasteiger partial charge in [0.2, 0.25) is 0 Å². The van der Waals surface area contributed by atoms with Crippen molar-refractivity contribution in [1.29, 1.82) is 0 Å². The van der Waals surface area contributed by atoms with Gasteiger partial charge in [0.05, 0.1) is 0 Å². The van der Waals surface area contributed by atoms with Gasteiger partial charge in [0.15, 0.2) is 0 Å². The molecule has 0 rings (SSSR count). The van der Waals surface area contributed by atoms with Crippen LogP contribution in [-0.2, 0) is 9.59 Å². The Hall–Kier alpha value is 0.511. The van der Waals surface area contributed by atoms with E-state index in [9.17, 15) is 9.59 Å². The van der Waals surface area contributed by atoms with Crippen LogP contribution in [-0.4, -0.2) is 71.0 Å². The molecule has 2 N–H and O–H groups in total. The monoisotopic (exact) mass is 538 g/mol. The molecular formula is C24H48BaO4. The summed E-state index contributed by atoms with van der Waals surface area (Å²) in [5.74, 6) is -1.32. The Morgan fingerprint density at radius 1 is 0.448 bits per heavy atom. The summed E-state index contributed by atoms with van der Waals surface area (Å²) >= 11 is 0. The van der Waals surface area contributed by atoms with Gasteiger partial charge < -0.3 is 10.2 Å². The fourth-order valence-electron chi connectivity index (χ4n) is 3.17. The van der Waals surface area contributed by atoms with Crippen molar-refractivity contribution in [3.63, 3.8) is 0 Å². The van der Waals surface area contributed by atoms with Crippen LogP contribution in [0.15, 0.2) is 0 Å². The summed E-state index contributed by atoms with van der Waals surface area (Å²) in [7, 11) is 0. The number of hydrogen-bond donors (Lipinski definition) is 2. The fraction of sp³-hybridized carbons (Fsp3) is 0.917. The predicted octanol–water partition coefficient (Wildman–Crippen LogP) is 7.60. The second-order valence-corrected chi connectivity index (χ2v) is 7.94. The van der Waals surface area contributed by atoms with E-state index in [0.717, 1.165) is 25.7 Å². The van der Waals surface area contributed by atoms with Crippen molar-refractivity contribution in [3.8, 4) is 0 Å². The van der Waals surface area contributed by atoms with Crippen molar-refractivity contribution < 1.29 is 19.8 Å². The molecule has 0 saturated carbocycles. The van der Waals surface area contributed by atoms with Gasteiger partial charge in [0.1, 0.15) is 0 Å². The molecule has 0 aliphatic heterocycles. The number of rotatable bonds is 20. The largest absolute Gasteiger partial charge is 0.481 e. The summed E-state index contributed by atoms with van der Waals surface area (Å²) in [5, 5.41) is 16.8. The first-order chi connectivity index (χ1) is 13.5. The van der Waals surface area contributed by atoms with Gasteiger partial charge in [-0.3, -0.25) is 9.59 Å². The van der Waals surface area contributed by atoms with Crippen molar-refractivity contribution in [2.45, 2.75) is 142 Å². The maximum absolute atomic E-state index is 10.2. The Labute approximate surface area is 221 Å². The van der Waals surface area contributed by atoms with Gasteiger partial charge in [0, 0.05) is 61.7 Å². The Bertz CT molecular complexity index is 303. The van der Waals surface area contributed by atoms with E-state index in [1.54, 1.807) is 0 Å². The number of unbranched alkanes of at least 4 members (excludes halogenated alkanes) is 16. The molecule has 0 aromatic carbocycles. The van der Waals surface area contributed by atoms with Crippen molar-refractivity contribution in [1.82, 2.24) is 0 Å². The quantitative estimate of drug-likeness (QED) is 0.124. The molecule has 0 aromatic rings. The number of carbonyl (C=O) groups is 2. The number of aliphatic carboxylic acids is 2. The van der Waals surface area contributed by atoms with Crippen LogP contribution in [0.2, 0.25) is 0 Å². The molecule has 0 spiro atoms. The smallest absolute Gasteiger partial charge is 0.303 e. The van der Waals surface area contributed by atoms with Gasteiger partial charge in [-0.15, -0.1) is 0 Å². The van der Waals surface area contributed by atoms with Crippen molar-refractivity contribution in [2.75, 3.05) is 0 Å². The van der Waals surface area contributed by atoms with Crippen LogP contribution < -0.4 is 0 Å². The van der Waals surface area contributed by atoms with E-state index in [1.165, 1.54) is 89.9 Å². The van der Waals surface area contributed by atoms with Crippen LogP contribution in [0.1, 0.15) is 142 Å². The maximum Gasteiger partial charge on any atom is 0.303 e. The third kappa shape index (κ3) is 39.5. The Kier molecular flexibility index (Phi) is 36.1. The van der Waals surface area contributed by atoms with Gasteiger partial charge >= 0.3 is 11.9 Å². The summed E-state index contributed by atoms with van der Waals surface area (Å²) in [6, 6.07) is 0. The minimum Gasteiger partial charge on any atom is -0.481 e. The zero-order chi connectivity index (χ0) is 21.3. The molecule has 29 heavy (non-hydrogen) atoms. The van der Waals surface area contributed by atoms with E-state index < -0.39 is 11.9 Å². The molecule has 0 aromatic heterocycles. The van der Waals surface area contributed by atoms with Gasteiger partial charge in [-0.05, 0) is 12.8 Å². The summed E-state index contributed by atoms with van der Waals surface area (Å²) in [5.41, 5.74) is 0. The topological polar surface area (TPSA) is 74.6 Å². The molecule has 0 bridgehead atoms. The number of carboxylic acid groups (broad SMARTS) is 2. The average molecular weight is 538 g/mol. The standard InChI is InChI=1S/2C12H24O2.Ba/c2*1-2-3-4-5-6-7-8-9-10-11-12(13)14;/h2*2-11H2,1H3,(H,13,14);. The predicted molar refractivity (Wildman–Crippen MR) is 125 cm³/mol. The van der Waals surface area contributed by atoms with E-state index in [4.69, 9.17) is 10.2 Å². The first kappa shape index (κ1) is 34.1. The van der Waals surface area contributed by atoms with Crippen LogP contribution in [0.3, 0.4) is 0 Å². The molecule has 0 aliphatic carbocycles. The third-order valence-corrected chi connectivity index (χ3v) is 4.99. The van der Waals surface area contributed by atoms with E-state index in [0.29, 0.717) is 12.8 Å². The van der Waals surface area contributed by atoms with Crippen molar-refractivity contribution >= 4 is 60.8 Å². The average Bonchev–Trinajstić information content (AvgIpc) is 2.65. The molecule has 0 fully saturated rings. The SMILES string of the molecule is CCCCCCCCCCCC(=O)O.CCCCCCCCCCCC(=O)O.[Ba]. The third-order valence-electron chi connectivity index (χ3n) is 4.99. The van der Waals surface area contributed by atoms with Crippen LogP contribution in [0.4, 0.5) is 0 Å². The molecule has 5 heteroatoms. The molecule has 2 radical (unpaired) electrons. The Balaban J connectivity index is -0.000000451. The van der Waals surface area contributed by atoms with Crippen LogP contribution in [0, 0.1) is 0 Å². The molecule has 0 saturated heterocycles. The first-order valence-electron chi connectivity index (χ1n) is 12.0. The number of hydrogen-bond acceptors (Lipinski definition) is 2. The zero-order valence-corrected chi connectivity index (χ0v) is 24.0. The zero-order valence-electron chi connectivity index (χ0n) is 19.6. The maximum atomic E-state index is 10.2. The summed E-state index contributed by atoms with van der Waals surface area (Å²) in [6.07, 6.45) is 23.0. The van der Waals surface area contributed by atoms with Gasteiger partial charge in [-0.2, -0.15) is 0 Å². The molecule has 0 aliphatic rings. The minimum absolute atomic E-state index is 0. The first-order valence-corrected chi connectivity index (χ1v) is 12.0. The second-order valence-electron chi connectivity index (χ2n) is 7.94. The minimum atomic E-state index is -0.659. The molecule has 0 atom stereocenters. The second kappa shape index (κ2) is 30.7. The van der Waals surface area contributed by atoms with Crippen LogP contribution in [0.5, 0.6) is 0 Å². The molecule has 0 heterocycles. The summed E-state index contributed by atoms with van der Waals surface area (Å²) in [4.78, 5) is 20.4. The van der Waals surface area contributed by atoms with Gasteiger partial charge in [0.25, 0.3) is 0 Å². The molecular weight excluding hydrogens is 490 g/mol. The summed E-state index contributed by atoms with van der Waals surface area (Å²) in [6.45, 7) is 4.46. The van der Waals surface area contributed by atoms with E-state index >= 15 is 0 Å². The molecule has 4 nitrogen and oxygen atoms in total. The summed E-state index contributed by atoms with van der Waals surface area (Å²) < 4.78 is 0. The number of carboxylic acids is 2.